The summed E-state index contributed by atoms with van der Waals surface area (Å²) in [4.78, 5) is 10.9. The van der Waals surface area contributed by atoms with Gasteiger partial charge < -0.3 is 9.84 Å². The van der Waals surface area contributed by atoms with E-state index < -0.39 is 5.97 Å². The second-order valence-corrected chi connectivity index (χ2v) is 3.98. The second-order valence-electron chi connectivity index (χ2n) is 3.67. The summed E-state index contributed by atoms with van der Waals surface area (Å²) in [5.74, 6) is 0.0531. The van der Waals surface area contributed by atoms with Crippen LogP contribution in [0.5, 0.6) is 0 Å². The van der Waals surface area contributed by atoms with E-state index in [4.69, 9.17) is 21.4 Å². The Morgan fingerprint density at radius 2 is 2.20 bits per heavy atom. The molecule has 0 fully saturated rings. The van der Waals surface area contributed by atoms with Gasteiger partial charge in [-0.25, -0.2) is 0 Å². The molecule has 88 valence electrons. The summed E-state index contributed by atoms with van der Waals surface area (Å²) < 4.78 is 4.97. The molecule has 0 saturated heterocycles. The van der Waals surface area contributed by atoms with E-state index in [1.807, 2.05) is 19.9 Å². The first-order chi connectivity index (χ1) is 7.02. The summed E-state index contributed by atoms with van der Waals surface area (Å²) in [5.41, 5.74) is 0. The molecule has 0 aliphatic heterocycles. The maximum atomic E-state index is 10.9. The monoisotopic (exact) mass is 234 g/mol. The zero-order chi connectivity index (χ0) is 11.8. The first-order valence-corrected chi connectivity index (χ1v) is 5.55. The number of hydrogen-bond acceptors (Lipinski definition) is 2. The lowest BCUT2D eigenvalue weighted by atomic mass is 9.91. The van der Waals surface area contributed by atoms with Gasteiger partial charge in [0.15, 0.2) is 0 Å². The topological polar surface area (TPSA) is 46.5 Å². The molecule has 0 aliphatic rings. The summed E-state index contributed by atoms with van der Waals surface area (Å²) in [6, 6.07) is 0. The van der Waals surface area contributed by atoms with Gasteiger partial charge >= 0.3 is 5.97 Å². The zero-order valence-electron chi connectivity index (χ0n) is 9.50. The van der Waals surface area contributed by atoms with Gasteiger partial charge in [0, 0.05) is 5.88 Å². The lowest BCUT2D eigenvalue weighted by molar-refractivity contribution is -0.143. The predicted molar refractivity (Wildman–Crippen MR) is 61.0 cm³/mol. The smallest absolute Gasteiger partial charge is 0.306 e. The fourth-order valence-corrected chi connectivity index (χ4v) is 1.52. The van der Waals surface area contributed by atoms with Crippen LogP contribution in [0.4, 0.5) is 0 Å². The fourth-order valence-electron chi connectivity index (χ4n) is 1.31. The third kappa shape index (κ3) is 5.67. The molecule has 0 aliphatic carbocycles. The standard InChI is InChI=1S/C11H19ClO3/c1-8(7-12)10(11(13)14)6-4-5-9(2)15-3/h5,8,10H,4,6-7H2,1-3H3,(H,13,14). The second kappa shape index (κ2) is 7.57. The van der Waals surface area contributed by atoms with Crippen LogP contribution in [0.15, 0.2) is 11.8 Å². The minimum absolute atomic E-state index is 0.000387. The lowest BCUT2D eigenvalue weighted by Gasteiger charge is -2.16. The maximum absolute atomic E-state index is 10.9. The molecule has 15 heavy (non-hydrogen) atoms. The Morgan fingerprint density at radius 1 is 1.60 bits per heavy atom. The van der Waals surface area contributed by atoms with E-state index in [2.05, 4.69) is 0 Å². The van der Waals surface area contributed by atoms with Crippen LogP contribution in [0.25, 0.3) is 0 Å². The third-order valence-corrected chi connectivity index (χ3v) is 2.97. The molecule has 0 rings (SSSR count). The highest BCUT2D eigenvalue weighted by atomic mass is 35.5. The molecule has 2 atom stereocenters. The number of carboxylic acid groups (broad SMARTS) is 1. The molecule has 0 aromatic carbocycles. The van der Waals surface area contributed by atoms with Crippen LogP contribution in [0, 0.1) is 11.8 Å². The molecule has 0 saturated carbocycles. The SMILES string of the molecule is COC(C)=CCCC(C(=O)O)C(C)CCl. The van der Waals surface area contributed by atoms with Gasteiger partial charge in [-0.05, 0) is 31.8 Å². The highest BCUT2D eigenvalue weighted by molar-refractivity contribution is 6.18. The van der Waals surface area contributed by atoms with Gasteiger partial charge in [0.25, 0.3) is 0 Å². The quantitative estimate of drug-likeness (QED) is 0.544. The normalized spacial score (nSPS) is 15.9. The Balaban J connectivity index is 4.14. The van der Waals surface area contributed by atoms with Gasteiger partial charge in [-0.1, -0.05) is 6.92 Å². The Kier molecular flexibility index (Phi) is 7.22. The van der Waals surface area contributed by atoms with Crippen molar-refractivity contribution in [3.8, 4) is 0 Å². The van der Waals surface area contributed by atoms with E-state index in [0.717, 1.165) is 5.76 Å². The van der Waals surface area contributed by atoms with Crippen molar-refractivity contribution in [1.29, 1.82) is 0 Å². The van der Waals surface area contributed by atoms with Crippen LogP contribution >= 0.6 is 11.6 Å². The largest absolute Gasteiger partial charge is 0.502 e. The van der Waals surface area contributed by atoms with E-state index in [9.17, 15) is 4.79 Å². The molecule has 0 heterocycles. The van der Waals surface area contributed by atoms with Gasteiger partial charge in [-0.15, -0.1) is 11.6 Å². The average molecular weight is 235 g/mol. The van der Waals surface area contributed by atoms with Crippen molar-refractivity contribution in [1.82, 2.24) is 0 Å². The molecule has 0 aromatic heterocycles. The minimum Gasteiger partial charge on any atom is -0.502 e. The van der Waals surface area contributed by atoms with E-state index in [1.165, 1.54) is 0 Å². The number of aliphatic carboxylic acids is 1. The number of hydrogen-bond donors (Lipinski definition) is 1. The first-order valence-electron chi connectivity index (χ1n) is 5.02. The minimum atomic E-state index is -0.772. The van der Waals surface area contributed by atoms with Gasteiger partial charge in [0.1, 0.15) is 0 Å². The number of methoxy groups -OCH3 is 1. The van der Waals surface area contributed by atoms with Crippen molar-refractivity contribution in [2.75, 3.05) is 13.0 Å². The van der Waals surface area contributed by atoms with Crippen molar-refractivity contribution < 1.29 is 14.6 Å². The molecule has 3 nitrogen and oxygen atoms in total. The van der Waals surface area contributed by atoms with Crippen LogP contribution in [0.2, 0.25) is 0 Å². The molecule has 0 radical (unpaired) electrons. The number of carbonyl (C=O) groups is 1. The molecule has 0 spiro atoms. The van der Waals surface area contributed by atoms with Crippen molar-refractivity contribution in [2.45, 2.75) is 26.7 Å². The molecule has 2 unspecified atom stereocenters. The number of carboxylic acids is 1. The summed E-state index contributed by atoms with van der Waals surface area (Å²) >= 11 is 5.66. The van der Waals surface area contributed by atoms with Crippen LogP contribution in [-0.4, -0.2) is 24.1 Å². The van der Waals surface area contributed by atoms with Crippen LogP contribution in [-0.2, 0) is 9.53 Å². The summed E-state index contributed by atoms with van der Waals surface area (Å²) in [6.07, 6.45) is 3.21. The molecule has 0 amide bonds. The Bertz CT molecular complexity index is 226. The van der Waals surface area contributed by atoms with Gasteiger partial charge in [0.2, 0.25) is 0 Å². The van der Waals surface area contributed by atoms with Crippen molar-refractivity contribution in [3.63, 3.8) is 0 Å². The Labute approximate surface area is 96.1 Å². The third-order valence-electron chi connectivity index (χ3n) is 2.48. The number of allylic oxidation sites excluding steroid dienone is 2. The molecule has 0 aromatic rings. The summed E-state index contributed by atoms with van der Waals surface area (Å²) in [5, 5.41) is 8.99. The molecule has 4 heteroatoms. The number of rotatable bonds is 7. The highest BCUT2D eigenvalue weighted by Gasteiger charge is 2.22. The van der Waals surface area contributed by atoms with Gasteiger partial charge in [-0.2, -0.15) is 0 Å². The average Bonchev–Trinajstić information content (AvgIpc) is 2.22. The number of ether oxygens (including phenoxy) is 1. The van der Waals surface area contributed by atoms with Crippen LogP contribution < -0.4 is 0 Å². The van der Waals surface area contributed by atoms with Crippen molar-refractivity contribution in [2.24, 2.45) is 11.8 Å². The molecular weight excluding hydrogens is 216 g/mol. The Hall–Kier alpha value is -0.700. The van der Waals surface area contributed by atoms with Gasteiger partial charge in [0.05, 0.1) is 18.8 Å². The van der Waals surface area contributed by atoms with E-state index >= 15 is 0 Å². The van der Waals surface area contributed by atoms with Crippen LogP contribution in [0.3, 0.4) is 0 Å². The molecule has 0 bridgehead atoms. The zero-order valence-corrected chi connectivity index (χ0v) is 10.3. The highest BCUT2D eigenvalue weighted by Crippen LogP contribution is 2.20. The number of alkyl halides is 1. The molecular formula is C11H19ClO3. The van der Waals surface area contributed by atoms with Crippen molar-refractivity contribution >= 4 is 17.6 Å². The van der Waals surface area contributed by atoms with E-state index in [-0.39, 0.29) is 11.8 Å². The van der Waals surface area contributed by atoms with Crippen molar-refractivity contribution in [3.05, 3.63) is 11.8 Å². The summed E-state index contributed by atoms with van der Waals surface area (Å²) in [6.45, 7) is 3.71. The van der Waals surface area contributed by atoms with E-state index in [1.54, 1.807) is 7.11 Å². The first kappa shape index (κ1) is 14.3. The molecule has 1 N–H and O–H groups in total. The summed E-state index contributed by atoms with van der Waals surface area (Å²) in [7, 11) is 1.60. The predicted octanol–water partition coefficient (Wildman–Crippen LogP) is 2.89. The fraction of sp³-hybridized carbons (Fsp3) is 0.727. The number of halogens is 1. The Morgan fingerprint density at radius 3 is 2.60 bits per heavy atom. The lowest BCUT2D eigenvalue weighted by Crippen LogP contribution is -2.22. The maximum Gasteiger partial charge on any atom is 0.306 e. The van der Waals surface area contributed by atoms with Gasteiger partial charge in [-0.3, -0.25) is 4.79 Å². The van der Waals surface area contributed by atoms with Crippen LogP contribution in [0.1, 0.15) is 26.7 Å². The van der Waals surface area contributed by atoms with E-state index in [0.29, 0.717) is 18.7 Å².